The third-order valence-corrected chi connectivity index (χ3v) is 9.25. The fraction of sp³-hybridized carbons (Fsp3) is 1.00. The molecule has 5 heterocycles. The predicted octanol–water partition coefficient (Wildman–Crippen LogP) is 2.78. The van der Waals surface area contributed by atoms with Gasteiger partial charge in [0.25, 0.3) is 0 Å². The molecule has 8 rings (SSSR count). The predicted molar refractivity (Wildman–Crippen MR) is 129 cm³/mol. The van der Waals surface area contributed by atoms with Gasteiger partial charge in [0.2, 0.25) is 0 Å². The van der Waals surface area contributed by atoms with Crippen LogP contribution in [0.2, 0.25) is 0 Å². The molecule has 32 heavy (non-hydrogen) atoms. The summed E-state index contributed by atoms with van der Waals surface area (Å²) in [6, 6.07) is 1.84. The second-order valence-electron chi connectivity index (χ2n) is 11.6. The summed E-state index contributed by atoms with van der Waals surface area (Å²) in [5, 5.41) is 13.6. The van der Waals surface area contributed by atoms with Crippen LogP contribution in [0.15, 0.2) is 0 Å². The maximum absolute atomic E-state index is 5.42. The van der Waals surface area contributed by atoms with Gasteiger partial charge in [-0.25, -0.2) is 0 Å². The molecule has 5 aliphatic heterocycles. The van der Waals surface area contributed by atoms with Crippen molar-refractivity contribution in [1.82, 2.24) is 21.3 Å². The van der Waals surface area contributed by atoms with Gasteiger partial charge in [-0.3, -0.25) is 0 Å². The van der Waals surface area contributed by atoms with Gasteiger partial charge in [-0.1, -0.05) is 12.8 Å². The number of hydrogen-bond acceptors (Lipinski definition) is 6. The highest BCUT2D eigenvalue weighted by atomic mass is 16.7. The number of fused-ring (bicyclic) bond motifs is 3. The van der Waals surface area contributed by atoms with Crippen LogP contribution >= 0.6 is 0 Å². The minimum absolute atomic E-state index is 0.222. The van der Waals surface area contributed by atoms with E-state index in [0.717, 1.165) is 62.1 Å². The van der Waals surface area contributed by atoms with Gasteiger partial charge in [0.05, 0.1) is 13.2 Å². The van der Waals surface area contributed by atoms with Crippen molar-refractivity contribution in [3.63, 3.8) is 0 Å². The largest absolute Gasteiger partial charge is 0.346 e. The first-order valence-corrected chi connectivity index (χ1v) is 13.9. The average molecular weight is 449 g/mol. The third-order valence-electron chi connectivity index (χ3n) is 9.25. The van der Waals surface area contributed by atoms with Crippen LogP contribution in [-0.2, 0) is 9.47 Å². The smallest absolute Gasteiger partial charge is 0.182 e. The van der Waals surface area contributed by atoms with Crippen molar-refractivity contribution in [1.29, 1.82) is 0 Å². The quantitative estimate of drug-likeness (QED) is 0.457. The molecular weight excluding hydrogens is 400 g/mol. The molecule has 0 radical (unpaired) electrons. The van der Waals surface area contributed by atoms with Crippen LogP contribution in [0.3, 0.4) is 0 Å². The Bertz CT molecular complexity index is 517. The van der Waals surface area contributed by atoms with Gasteiger partial charge in [0, 0.05) is 38.1 Å². The van der Waals surface area contributed by atoms with Crippen LogP contribution < -0.4 is 21.3 Å². The summed E-state index contributed by atoms with van der Waals surface area (Å²) >= 11 is 0. The SMILES string of the molecule is C1CC2(CC2)CN1.C1CC2(CN1)OCCO2.C1CC2CC1CN2.C1CCC2NCCC2C1. The van der Waals surface area contributed by atoms with E-state index in [-0.39, 0.29) is 5.79 Å². The summed E-state index contributed by atoms with van der Waals surface area (Å²) in [5.41, 5.74) is 0.833. The lowest BCUT2D eigenvalue weighted by atomic mass is 9.86. The molecule has 0 aromatic heterocycles. The highest BCUT2D eigenvalue weighted by Gasteiger charge is 2.44. The Hall–Kier alpha value is -0.240. The first kappa shape index (κ1) is 23.5. The molecule has 4 N–H and O–H groups in total. The fourth-order valence-corrected chi connectivity index (χ4v) is 6.84. The maximum Gasteiger partial charge on any atom is 0.182 e. The molecule has 8 fully saturated rings. The molecule has 5 saturated heterocycles. The zero-order chi connectivity index (χ0) is 21.7. The molecule has 0 amide bonds. The van der Waals surface area contributed by atoms with E-state index in [9.17, 15) is 0 Å². The van der Waals surface area contributed by atoms with Gasteiger partial charge in [-0.05, 0) is 94.7 Å². The molecule has 0 aromatic carbocycles. The summed E-state index contributed by atoms with van der Waals surface area (Å²) < 4.78 is 10.8. The molecular formula is C26H48N4O2. The summed E-state index contributed by atoms with van der Waals surface area (Å²) in [5.74, 6) is 1.89. The molecule has 2 spiro atoms. The van der Waals surface area contributed by atoms with E-state index < -0.39 is 0 Å². The summed E-state index contributed by atoms with van der Waals surface area (Å²) in [4.78, 5) is 0. The van der Waals surface area contributed by atoms with Crippen molar-refractivity contribution in [2.75, 3.05) is 52.5 Å². The highest BCUT2D eigenvalue weighted by molar-refractivity contribution is 4.98. The Morgan fingerprint density at radius 2 is 1.50 bits per heavy atom. The highest BCUT2D eigenvalue weighted by Crippen LogP contribution is 2.49. The molecule has 4 atom stereocenters. The van der Waals surface area contributed by atoms with Crippen molar-refractivity contribution in [2.24, 2.45) is 17.3 Å². The van der Waals surface area contributed by atoms with Gasteiger partial charge in [0.1, 0.15) is 0 Å². The van der Waals surface area contributed by atoms with Crippen LogP contribution in [0, 0.1) is 17.3 Å². The lowest BCUT2D eigenvalue weighted by Crippen LogP contribution is -2.32. The van der Waals surface area contributed by atoms with Crippen LogP contribution in [0.5, 0.6) is 0 Å². The topological polar surface area (TPSA) is 66.6 Å². The Labute approximate surface area is 195 Å². The number of hydrogen-bond donors (Lipinski definition) is 4. The molecule has 6 nitrogen and oxygen atoms in total. The van der Waals surface area contributed by atoms with E-state index >= 15 is 0 Å². The second kappa shape index (κ2) is 11.0. The van der Waals surface area contributed by atoms with E-state index in [0.29, 0.717) is 0 Å². The molecule has 6 heteroatoms. The van der Waals surface area contributed by atoms with Gasteiger partial charge < -0.3 is 30.7 Å². The first-order valence-electron chi connectivity index (χ1n) is 13.9. The zero-order valence-corrected chi connectivity index (χ0v) is 20.3. The monoisotopic (exact) mass is 448 g/mol. The van der Waals surface area contributed by atoms with E-state index in [2.05, 4.69) is 21.3 Å². The van der Waals surface area contributed by atoms with E-state index in [1.165, 1.54) is 96.8 Å². The number of rotatable bonds is 0. The van der Waals surface area contributed by atoms with Crippen molar-refractivity contribution in [3.05, 3.63) is 0 Å². The van der Waals surface area contributed by atoms with Gasteiger partial charge in [-0.15, -0.1) is 0 Å². The number of ether oxygens (including phenoxy) is 2. The lowest BCUT2D eigenvalue weighted by Gasteiger charge is -2.24. The Kier molecular flexibility index (Phi) is 8.08. The van der Waals surface area contributed by atoms with Crippen molar-refractivity contribution in [3.8, 4) is 0 Å². The molecule has 3 aliphatic carbocycles. The van der Waals surface area contributed by atoms with Crippen molar-refractivity contribution in [2.45, 2.75) is 94.9 Å². The summed E-state index contributed by atoms with van der Waals surface area (Å²) in [6.07, 6.45) is 17.2. The minimum Gasteiger partial charge on any atom is -0.346 e. The van der Waals surface area contributed by atoms with Gasteiger partial charge in [0.15, 0.2) is 5.79 Å². The molecule has 0 aromatic rings. The van der Waals surface area contributed by atoms with Gasteiger partial charge in [-0.2, -0.15) is 0 Å². The molecule has 3 saturated carbocycles. The van der Waals surface area contributed by atoms with E-state index in [1.54, 1.807) is 0 Å². The van der Waals surface area contributed by atoms with Crippen LogP contribution in [0.25, 0.3) is 0 Å². The summed E-state index contributed by atoms with van der Waals surface area (Å²) in [6.45, 7) is 8.61. The Balaban J connectivity index is 0.0000000906. The molecule has 2 bridgehead atoms. The maximum atomic E-state index is 5.42. The van der Waals surface area contributed by atoms with Crippen LogP contribution in [0.4, 0.5) is 0 Å². The third kappa shape index (κ3) is 6.25. The summed E-state index contributed by atoms with van der Waals surface area (Å²) in [7, 11) is 0. The molecule has 8 aliphatic rings. The second-order valence-corrected chi connectivity index (χ2v) is 11.6. The van der Waals surface area contributed by atoms with Crippen LogP contribution in [0.1, 0.15) is 77.0 Å². The zero-order valence-electron chi connectivity index (χ0n) is 20.3. The first-order chi connectivity index (χ1) is 15.7. The Morgan fingerprint density at radius 1 is 0.688 bits per heavy atom. The lowest BCUT2D eigenvalue weighted by molar-refractivity contribution is -0.139. The van der Waals surface area contributed by atoms with Gasteiger partial charge >= 0.3 is 0 Å². The molecule has 184 valence electrons. The van der Waals surface area contributed by atoms with E-state index in [1.807, 2.05) is 0 Å². The Morgan fingerprint density at radius 3 is 2.00 bits per heavy atom. The van der Waals surface area contributed by atoms with Crippen LogP contribution in [-0.4, -0.2) is 70.4 Å². The van der Waals surface area contributed by atoms with E-state index in [4.69, 9.17) is 9.47 Å². The fourth-order valence-electron chi connectivity index (χ4n) is 6.84. The number of nitrogens with one attached hydrogen (secondary N) is 4. The standard InChI is InChI=1S/C8H15N.C6H11NO2.2C6H11N/c1-2-4-8-7(3-1)5-6-9-8;1-2-7-5-6(1)8-3-4-9-6;1-2-6-3-5(1)4-7-6;1-2-6(1)3-4-7-5-6/h7-9H,1-6H2;7H,1-5H2;5-7H,1-4H2;7H,1-5H2. The average Bonchev–Trinajstić information content (AvgIpc) is 3.55. The normalized spacial score (nSPS) is 39.0. The van der Waals surface area contributed by atoms with Crippen molar-refractivity contribution >= 4 is 0 Å². The van der Waals surface area contributed by atoms with Crippen molar-refractivity contribution < 1.29 is 9.47 Å². The number of piperidine rings is 1. The minimum atomic E-state index is -0.222. The molecule has 4 unspecified atom stereocenters.